The highest BCUT2D eigenvalue weighted by Crippen LogP contribution is 2.47. The van der Waals surface area contributed by atoms with Crippen LogP contribution in [0, 0.1) is 5.82 Å². The summed E-state index contributed by atoms with van der Waals surface area (Å²) in [7, 11) is 0. The molecule has 5 rings (SSSR count). The largest absolute Gasteiger partial charge is 0.450 e. The van der Waals surface area contributed by atoms with Crippen LogP contribution in [-0.2, 0) is 10.3 Å². The molecule has 1 aliphatic heterocycles. The summed E-state index contributed by atoms with van der Waals surface area (Å²) in [5, 5.41) is 2.57. The fourth-order valence-corrected chi connectivity index (χ4v) is 4.39. The van der Waals surface area contributed by atoms with Gasteiger partial charge in [0.1, 0.15) is 17.1 Å². The Labute approximate surface area is 177 Å². The normalized spacial score (nSPS) is 16.6. The molecule has 0 radical (unpaired) electrons. The Bertz CT molecular complexity index is 1170. The van der Waals surface area contributed by atoms with Gasteiger partial charge in [-0.2, -0.15) is 0 Å². The summed E-state index contributed by atoms with van der Waals surface area (Å²) in [5.74, 6) is -1.48. The number of ether oxygens (including phenoxy) is 1. The Kier molecular flexibility index (Phi) is 4.69. The molecule has 8 heteroatoms. The van der Waals surface area contributed by atoms with Crippen molar-refractivity contribution < 1.29 is 18.7 Å². The number of aromatic nitrogens is 3. The third-order valence-electron chi connectivity index (χ3n) is 5.87. The predicted octanol–water partition coefficient (Wildman–Crippen LogP) is 4.26. The van der Waals surface area contributed by atoms with Crippen LogP contribution in [0.3, 0.4) is 0 Å². The minimum Gasteiger partial charge on any atom is -0.450 e. The number of nitrogens with zero attached hydrogens (tertiary/aromatic N) is 3. The van der Waals surface area contributed by atoms with Crippen molar-refractivity contribution in [3.8, 4) is 11.1 Å². The van der Waals surface area contributed by atoms with E-state index in [4.69, 9.17) is 4.74 Å². The van der Waals surface area contributed by atoms with Gasteiger partial charge >= 0.3 is 5.97 Å². The summed E-state index contributed by atoms with van der Waals surface area (Å²) in [6, 6.07) is 8.05. The van der Waals surface area contributed by atoms with Crippen molar-refractivity contribution in [1.29, 1.82) is 0 Å². The smallest absolute Gasteiger partial charge is 0.341 e. The SMILES string of the molecule is O=C(Nc1ncc(-c2ccccc2F)cn1)c1nccc2c1C(=O)OC21CCCCC1. The van der Waals surface area contributed by atoms with Crippen LogP contribution in [0.1, 0.15) is 58.5 Å². The number of amides is 1. The molecular weight excluding hydrogens is 399 g/mol. The first kappa shape index (κ1) is 19.3. The van der Waals surface area contributed by atoms with E-state index in [0.29, 0.717) is 11.1 Å². The maximum Gasteiger partial charge on any atom is 0.341 e. The summed E-state index contributed by atoms with van der Waals surface area (Å²) in [4.78, 5) is 37.9. The lowest BCUT2D eigenvalue weighted by atomic mass is 9.79. The van der Waals surface area contributed by atoms with Crippen LogP contribution in [-0.4, -0.2) is 26.8 Å². The fourth-order valence-electron chi connectivity index (χ4n) is 4.39. The molecule has 1 amide bonds. The minimum atomic E-state index is -0.652. The van der Waals surface area contributed by atoms with Gasteiger partial charge in [-0.05, 0) is 37.8 Å². The average molecular weight is 418 g/mol. The molecular formula is C23H19FN4O3. The number of carbonyl (C=O) groups excluding carboxylic acids is 2. The van der Waals surface area contributed by atoms with E-state index in [1.54, 1.807) is 24.3 Å². The summed E-state index contributed by atoms with van der Waals surface area (Å²) in [6.45, 7) is 0. The number of benzene rings is 1. The zero-order valence-corrected chi connectivity index (χ0v) is 16.6. The number of rotatable bonds is 3. The van der Waals surface area contributed by atoms with Gasteiger partial charge in [0, 0.05) is 35.3 Å². The number of esters is 1. The zero-order chi connectivity index (χ0) is 21.4. The quantitative estimate of drug-likeness (QED) is 0.639. The maximum atomic E-state index is 13.9. The molecule has 0 bridgehead atoms. The number of hydrogen-bond acceptors (Lipinski definition) is 6. The molecule has 1 N–H and O–H groups in total. The number of pyridine rings is 1. The molecule has 0 saturated heterocycles. The molecule has 7 nitrogen and oxygen atoms in total. The lowest BCUT2D eigenvalue weighted by molar-refractivity contribution is -0.0280. The van der Waals surface area contributed by atoms with Crippen LogP contribution in [0.2, 0.25) is 0 Å². The maximum absolute atomic E-state index is 13.9. The highest BCUT2D eigenvalue weighted by Gasteiger charge is 2.48. The van der Waals surface area contributed by atoms with Crippen molar-refractivity contribution in [2.24, 2.45) is 0 Å². The van der Waals surface area contributed by atoms with E-state index in [1.807, 2.05) is 0 Å². The standard InChI is InChI=1S/C23H19FN4O3/c24-17-7-3-2-6-15(17)14-12-26-22(27-13-14)28-20(29)19-18-16(8-11-25-19)23(31-21(18)30)9-4-1-5-10-23/h2-3,6-8,11-13H,1,4-5,9-10H2,(H,26,27,28,29). The third-order valence-corrected chi connectivity index (χ3v) is 5.87. The first-order valence-corrected chi connectivity index (χ1v) is 10.2. The van der Waals surface area contributed by atoms with Crippen LogP contribution in [0.15, 0.2) is 48.9 Å². The monoisotopic (exact) mass is 418 g/mol. The van der Waals surface area contributed by atoms with E-state index in [2.05, 4.69) is 20.3 Å². The number of nitrogens with one attached hydrogen (secondary N) is 1. The Morgan fingerprint density at radius 3 is 2.52 bits per heavy atom. The molecule has 3 heterocycles. The Morgan fingerprint density at radius 2 is 1.77 bits per heavy atom. The van der Waals surface area contributed by atoms with Gasteiger partial charge in [-0.1, -0.05) is 24.6 Å². The first-order valence-electron chi connectivity index (χ1n) is 10.2. The molecule has 3 aromatic rings. The number of anilines is 1. The summed E-state index contributed by atoms with van der Waals surface area (Å²) < 4.78 is 19.7. The Morgan fingerprint density at radius 1 is 1.03 bits per heavy atom. The molecule has 0 unspecified atom stereocenters. The zero-order valence-electron chi connectivity index (χ0n) is 16.6. The third kappa shape index (κ3) is 3.34. The summed E-state index contributed by atoms with van der Waals surface area (Å²) in [5.41, 5.74) is 1.13. The fraction of sp³-hybridized carbons (Fsp3) is 0.261. The number of halogens is 1. The van der Waals surface area contributed by atoms with Gasteiger partial charge in [-0.3, -0.25) is 15.1 Å². The first-order chi connectivity index (χ1) is 15.1. The van der Waals surface area contributed by atoms with E-state index >= 15 is 0 Å². The van der Waals surface area contributed by atoms with E-state index in [9.17, 15) is 14.0 Å². The molecule has 0 atom stereocenters. The highest BCUT2D eigenvalue weighted by atomic mass is 19.1. The molecule has 1 spiro atoms. The number of hydrogen-bond donors (Lipinski definition) is 1. The van der Waals surface area contributed by atoms with E-state index in [1.165, 1.54) is 24.7 Å². The average Bonchev–Trinajstić information content (AvgIpc) is 3.06. The van der Waals surface area contributed by atoms with Crippen molar-refractivity contribution in [3.05, 3.63) is 71.6 Å². The van der Waals surface area contributed by atoms with Gasteiger partial charge in [0.2, 0.25) is 5.95 Å². The van der Waals surface area contributed by atoms with Crippen molar-refractivity contribution in [1.82, 2.24) is 15.0 Å². The number of carbonyl (C=O) groups is 2. The Hall–Kier alpha value is -3.68. The van der Waals surface area contributed by atoms with E-state index in [-0.39, 0.29) is 23.0 Å². The molecule has 31 heavy (non-hydrogen) atoms. The topological polar surface area (TPSA) is 94.1 Å². The molecule has 2 aliphatic rings. The predicted molar refractivity (Wildman–Crippen MR) is 110 cm³/mol. The molecule has 1 aliphatic carbocycles. The van der Waals surface area contributed by atoms with Crippen LogP contribution in [0.25, 0.3) is 11.1 Å². The van der Waals surface area contributed by atoms with Crippen LogP contribution in [0.4, 0.5) is 10.3 Å². The van der Waals surface area contributed by atoms with Gasteiger partial charge in [0.25, 0.3) is 5.91 Å². The molecule has 1 fully saturated rings. The molecule has 1 saturated carbocycles. The van der Waals surface area contributed by atoms with Crippen LogP contribution < -0.4 is 5.32 Å². The van der Waals surface area contributed by atoms with Crippen molar-refractivity contribution in [2.45, 2.75) is 37.7 Å². The van der Waals surface area contributed by atoms with Gasteiger partial charge < -0.3 is 4.74 Å². The van der Waals surface area contributed by atoms with Gasteiger partial charge in [-0.15, -0.1) is 0 Å². The van der Waals surface area contributed by atoms with Crippen molar-refractivity contribution >= 4 is 17.8 Å². The van der Waals surface area contributed by atoms with Crippen LogP contribution in [0.5, 0.6) is 0 Å². The van der Waals surface area contributed by atoms with Gasteiger partial charge in [0.15, 0.2) is 0 Å². The second-order valence-electron chi connectivity index (χ2n) is 7.76. The highest BCUT2D eigenvalue weighted by molar-refractivity contribution is 6.11. The second-order valence-corrected chi connectivity index (χ2v) is 7.76. The van der Waals surface area contributed by atoms with Crippen LogP contribution >= 0.6 is 0 Å². The lowest BCUT2D eigenvalue weighted by Gasteiger charge is -2.32. The second kappa shape index (κ2) is 7.54. The van der Waals surface area contributed by atoms with E-state index < -0.39 is 17.5 Å². The molecule has 1 aromatic carbocycles. The van der Waals surface area contributed by atoms with Crippen molar-refractivity contribution in [2.75, 3.05) is 5.32 Å². The van der Waals surface area contributed by atoms with Crippen molar-refractivity contribution in [3.63, 3.8) is 0 Å². The summed E-state index contributed by atoms with van der Waals surface area (Å²) in [6.07, 6.45) is 8.91. The Balaban J connectivity index is 1.41. The van der Waals surface area contributed by atoms with E-state index in [0.717, 1.165) is 37.7 Å². The molecule has 156 valence electrons. The number of fused-ring (bicyclic) bond motifs is 2. The molecule has 2 aromatic heterocycles. The van der Waals surface area contributed by atoms with Gasteiger partial charge in [-0.25, -0.2) is 19.2 Å². The lowest BCUT2D eigenvalue weighted by Crippen LogP contribution is -2.29. The minimum absolute atomic E-state index is 0.00766. The van der Waals surface area contributed by atoms with Gasteiger partial charge in [0.05, 0.1) is 5.56 Å². The summed E-state index contributed by atoms with van der Waals surface area (Å²) >= 11 is 0.